The number of carbonyl (C=O) groups excluding carboxylic acids is 1. The Morgan fingerprint density at radius 2 is 2.17 bits per heavy atom. The molecule has 2 aromatic rings. The number of hydrogen-bond donors (Lipinski definition) is 2. The van der Waals surface area contributed by atoms with E-state index in [9.17, 15) is 4.79 Å². The van der Waals surface area contributed by atoms with Gasteiger partial charge < -0.3 is 11.1 Å². The van der Waals surface area contributed by atoms with E-state index in [1.807, 2.05) is 16.8 Å². The highest BCUT2D eigenvalue weighted by Gasteiger charge is 2.25. The predicted molar refractivity (Wildman–Crippen MR) is 87.0 cm³/mol. The largest absolute Gasteiger partial charge is 0.370 e. The van der Waals surface area contributed by atoms with E-state index >= 15 is 0 Å². The quantitative estimate of drug-likeness (QED) is 0.848. The monoisotopic (exact) mass is 314 g/mol. The zero-order valence-electron chi connectivity index (χ0n) is 13.1. The summed E-state index contributed by atoms with van der Waals surface area (Å²) in [6, 6.07) is 1.89. The van der Waals surface area contributed by atoms with E-state index < -0.39 is 0 Å². The number of imidazole rings is 1. The molecule has 7 heteroatoms. The van der Waals surface area contributed by atoms with Crippen LogP contribution < -0.4 is 11.1 Å². The lowest BCUT2D eigenvalue weighted by Gasteiger charge is -2.30. The molecule has 0 saturated heterocycles. The standard InChI is InChI=1S/C16H22N6O/c17-14(23)8-13(12-4-2-1-3-5-12)21-15-9-16(20-10-19-15)22-7-6-18-11-22/h6-7,9-13H,1-5,8H2,(H2,17,23)(H,19,20,21)/t13-/m1/s1. The molecule has 23 heavy (non-hydrogen) atoms. The van der Waals surface area contributed by atoms with Gasteiger partial charge in [-0.1, -0.05) is 19.3 Å². The number of nitrogens with two attached hydrogens (primary N) is 1. The van der Waals surface area contributed by atoms with Crippen LogP contribution in [0.2, 0.25) is 0 Å². The van der Waals surface area contributed by atoms with Crippen LogP contribution >= 0.6 is 0 Å². The average Bonchev–Trinajstić information content (AvgIpc) is 3.09. The smallest absolute Gasteiger partial charge is 0.219 e. The maximum Gasteiger partial charge on any atom is 0.219 e. The number of aromatic nitrogens is 4. The van der Waals surface area contributed by atoms with Gasteiger partial charge in [0.05, 0.1) is 0 Å². The van der Waals surface area contributed by atoms with Crippen molar-refractivity contribution in [1.82, 2.24) is 19.5 Å². The van der Waals surface area contributed by atoms with Gasteiger partial charge in [-0.15, -0.1) is 0 Å². The van der Waals surface area contributed by atoms with Crippen molar-refractivity contribution in [3.8, 4) is 5.82 Å². The number of carbonyl (C=O) groups is 1. The van der Waals surface area contributed by atoms with Crippen molar-refractivity contribution < 1.29 is 4.79 Å². The number of amides is 1. The Balaban J connectivity index is 1.76. The van der Waals surface area contributed by atoms with Crippen LogP contribution in [-0.4, -0.2) is 31.5 Å². The molecule has 0 spiro atoms. The molecule has 3 rings (SSSR count). The molecule has 122 valence electrons. The van der Waals surface area contributed by atoms with Gasteiger partial charge in [-0.25, -0.2) is 15.0 Å². The Kier molecular flexibility index (Phi) is 4.85. The van der Waals surface area contributed by atoms with Crippen molar-refractivity contribution in [2.75, 3.05) is 5.32 Å². The van der Waals surface area contributed by atoms with Crippen LogP contribution in [0.25, 0.3) is 5.82 Å². The Morgan fingerprint density at radius 1 is 1.35 bits per heavy atom. The lowest BCUT2D eigenvalue weighted by atomic mass is 9.82. The van der Waals surface area contributed by atoms with Gasteiger partial charge in [0.15, 0.2) is 0 Å². The minimum atomic E-state index is -0.281. The van der Waals surface area contributed by atoms with Crippen LogP contribution in [0.3, 0.4) is 0 Å². The van der Waals surface area contributed by atoms with Crippen molar-refractivity contribution >= 4 is 11.7 Å². The number of hydrogen-bond acceptors (Lipinski definition) is 5. The van der Waals surface area contributed by atoms with E-state index in [0.717, 1.165) is 18.7 Å². The molecule has 0 bridgehead atoms. The molecular formula is C16H22N6O. The van der Waals surface area contributed by atoms with Gasteiger partial charge in [0, 0.05) is 30.9 Å². The summed E-state index contributed by atoms with van der Waals surface area (Å²) in [4.78, 5) is 24.0. The summed E-state index contributed by atoms with van der Waals surface area (Å²) in [5.41, 5.74) is 5.44. The lowest BCUT2D eigenvalue weighted by molar-refractivity contribution is -0.118. The van der Waals surface area contributed by atoms with Crippen LogP contribution in [0.15, 0.2) is 31.1 Å². The first kappa shape index (κ1) is 15.5. The molecule has 1 saturated carbocycles. The highest BCUT2D eigenvalue weighted by molar-refractivity contribution is 5.75. The minimum Gasteiger partial charge on any atom is -0.370 e. The van der Waals surface area contributed by atoms with Gasteiger partial charge in [0.1, 0.15) is 24.3 Å². The minimum absolute atomic E-state index is 0.0262. The SMILES string of the molecule is NC(=O)C[C@@H](Nc1cc(-n2ccnc2)ncn1)C1CCCCC1. The zero-order chi connectivity index (χ0) is 16.1. The van der Waals surface area contributed by atoms with Crippen LogP contribution in [0, 0.1) is 5.92 Å². The van der Waals surface area contributed by atoms with Gasteiger partial charge in [-0.05, 0) is 18.8 Å². The molecule has 1 fully saturated rings. The van der Waals surface area contributed by atoms with Crippen molar-refractivity contribution in [3.63, 3.8) is 0 Å². The van der Waals surface area contributed by atoms with E-state index in [-0.39, 0.29) is 11.9 Å². The van der Waals surface area contributed by atoms with E-state index in [1.54, 1.807) is 12.5 Å². The summed E-state index contributed by atoms with van der Waals surface area (Å²) in [6.45, 7) is 0. The molecule has 1 aliphatic carbocycles. The summed E-state index contributed by atoms with van der Waals surface area (Å²) in [5.74, 6) is 1.63. The lowest BCUT2D eigenvalue weighted by Crippen LogP contribution is -2.35. The Bertz CT molecular complexity index is 636. The molecule has 1 aliphatic rings. The van der Waals surface area contributed by atoms with Crippen molar-refractivity contribution in [3.05, 3.63) is 31.1 Å². The number of nitrogens with zero attached hydrogens (tertiary/aromatic N) is 4. The highest BCUT2D eigenvalue weighted by Crippen LogP contribution is 2.29. The first-order valence-electron chi connectivity index (χ1n) is 8.07. The third kappa shape index (κ3) is 4.06. The topological polar surface area (TPSA) is 98.7 Å². The molecule has 1 amide bonds. The van der Waals surface area contributed by atoms with Gasteiger partial charge in [0.2, 0.25) is 5.91 Å². The number of rotatable bonds is 6. The van der Waals surface area contributed by atoms with Crippen LogP contribution in [-0.2, 0) is 4.79 Å². The molecule has 2 heterocycles. The Morgan fingerprint density at radius 3 is 2.87 bits per heavy atom. The first-order chi connectivity index (χ1) is 11.2. The van der Waals surface area contributed by atoms with Crippen molar-refractivity contribution in [1.29, 1.82) is 0 Å². The molecule has 0 unspecified atom stereocenters. The summed E-state index contributed by atoms with van der Waals surface area (Å²) < 4.78 is 1.82. The molecule has 7 nitrogen and oxygen atoms in total. The Labute approximate surface area is 135 Å². The maximum atomic E-state index is 11.4. The molecule has 0 aliphatic heterocycles. The van der Waals surface area contributed by atoms with Gasteiger partial charge in [-0.3, -0.25) is 9.36 Å². The molecule has 0 aromatic carbocycles. The summed E-state index contributed by atoms with van der Waals surface area (Å²) in [5, 5.41) is 3.40. The normalized spacial score (nSPS) is 16.9. The third-order valence-corrected chi connectivity index (χ3v) is 4.39. The molecular weight excluding hydrogens is 292 g/mol. The maximum absolute atomic E-state index is 11.4. The number of anilines is 1. The van der Waals surface area contributed by atoms with Gasteiger partial charge >= 0.3 is 0 Å². The van der Waals surface area contributed by atoms with E-state index in [1.165, 1.54) is 25.6 Å². The average molecular weight is 314 g/mol. The fourth-order valence-electron chi connectivity index (χ4n) is 3.24. The molecule has 2 aromatic heterocycles. The van der Waals surface area contributed by atoms with Crippen LogP contribution in [0.4, 0.5) is 5.82 Å². The number of primary amides is 1. The molecule has 0 radical (unpaired) electrons. The predicted octanol–water partition coefficient (Wildman–Crippen LogP) is 1.90. The summed E-state index contributed by atoms with van der Waals surface area (Å²) >= 11 is 0. The van der Waals surface area contributed by atoms with Gasteiger partial charge in [0.25, 0.3) is 0 Å². The highest BCUT2D eigenvalue weighted by atomic mass is 16.1. The zero-order valence-corrected chi connectivity index (χ0v) is 13.1. The summed E-state index contributed by atoms with van der Waals surface area (Å²) in [6.07, 6.45) is 13.0. The van der Waals surface area contributed by atoms with Crippen LogP contribution in [0.1, 0.15) is 38.5 Å². The second-order valence-corrected chi connectivity index (χ2v) is 6.05. The van der Waals surface area contributed by atoms with E-state index in [4.69, 9.17) is 5.73 Å². The fourth-order valence-corrected chi connectivity index (χ4v) is 3.24. The third-order valence-electron chi connectivity index (χ3n) is 4.39. The second-order valence-electron chi connectivity index (χ2n) is 6.05. The summed E-state index contributed by atoms with van der Waals surface area (Å²) in [7, 11) is 0. The molecule has 3 N–H and O–H groups in total. The van der Waals surface area contributed by atoms with Gasteiger partial charge in [-0.2, -0.15) is 0 Å². The van der Waals surface area contributed by atoms with Crippen LogP contribution in [0.5, 0.6) is 0 Å². The van der Waals surface area contributed by atoms with E-state index in [2.05, 4.69) is 20.3 Å². The van der Waals surface area contributed by atoms with E-state index in [0.29, 0.717) is 18.2 Å². The molecule has 1 atom stereocenters. The Hall–Kier alpha value is -2.44. The first-order valence-corrected chi connectivity index (χ1v) is 8.07. The number of nitrogens with one attached hydrogen (secondary N) is 1. The van der Waals surface area contributed by atoms with Crippen molar-refractivity contribution in [2.45, 2.75) is 44.6 Å². The fraction of sp³-hybridized carbons (Fsp3) is 0.500. The van der Waals surface area contributed by atoms with Crippen molar-refractivity contribution in [2.24, 2.45) is 11.7 Å². The second kappa shape index (κ2) is 7.21.